The first-order valence-electron chi connectivity index (χ1n) is 8.19. The summed E-state index contributed by atoms with van der Waals surface area (Å²) < 4.78 is 6.04. The van der Waals surface area contributed by atoms with E-state index in [1.807, 2.05) is 0 Å². The van der Waals surface area contributed by atoms with Crippen LogP contribution in [0.15, 0.2) is 0 Å². The van der Waals surface area contributed by atoms with E-state index >= 15 is 0 Å². The summed E-state index contributed by atoms with van der Waals surface area (Å²) in [5.41, 5.74) is -0.240. The number of hydrogen-bond acceptors (Lipinski definition) is 2. The minimum absolute atomic E-state index is 0.120. The molecule has 0 bridgehead atoms. The molecule has 1 rings (SSSR count). The predicted octanol–water partition coefficient (Wildman–Crippen LogP) is 4.15. The molecule has 1 heterocycles. The molecule has 1 aliphatic rings. The van der Waals surface area contributed by atoms with Crippen molar-refractivity contribution in [2.24, 2.45) is 0 Å². The van der Waals surface area contributed by atoms with E-state index in [0.29, 0.717) is 6.42 Å². The van der Waals surface area contributed by atoms with Crippen molar-refractivity contribution in [2.45, 2.75) is 97.2 Å². The summed E-state index contributed by atoms with van der Waals surface area (Å²) in [5.74, 6) is 0.287. The van der Waals surface area contributed by atoms with E-state index in [1.54, 1.807) is 0 Å². The number of likely N-dealkylation sites (tertiary alicyclic amines) is 1. The Morgan fingerprint density at radius 3 is 2.10 bits per heavy atom. The summed E-state index contributed by atoms with van der Waals surface area (Å²) in [7, 11) is 0. The molecule has 0 saturated carbocycles. The van der Waals surface area contributed by atoms with Crippen LogP contribution in [0.3, 0.4) is 0 Å². The Hall–Kier alpha value is -0.570. The summed E-state index contributed by atoms with van der Waals surface area (Å²) in [6.45, 7) is 13.8. The van der Waals surface area contributed by atoms with Crippen LogP contribution in [0, 0.1) is 0 Å². The molecule has 0 radical (unpaired) electrons. The minimum atomic E-state index is -0.120. The van der Waals surface area contributed by atoms with Crippen LogP contribution in [-0.2, 0) is 9.53 Å². The van der Waals surface area contributed by atoms with Gasteiger partial charge in [0.25, 0.3) is 0 Å². The quantitative estimate of drug-likeness (QED) is 0.685. The second kappa shape index (κ2) is 6.93. The highest BCUT2D eigenvalue weighted by atomic mass is 16.5. The summed E-state index contributed by atoms with van der Waals surface area (Å²) >= 11 is 0. The highest BCUT2D eigenvalue weighted by Gasteiger charge is 2.47. The summed E-state index contributed by atoms with van der Waals surface area (Å²) in [6.07, 6.45) is 6.01. The van der Waals surface area contributed by atoms with Crippen LogP contribution in [-0.4, -0.2) is 34.6 Å². The number of ether oxygens (including phenoxy) is 1. The predicted molar refractivity (Wildman–Crippen MR) is 83.8 cm³/mol. The molecule has 0 aromatic heterocycles. The molecule has 0 unspecified atom stereocenters. The van der Waals surface area contributed by atoms with Gasteiger partial charge in [-0.25, -0.2) is 0 Å². The van der Waals surface area contributed by atoms with Gasteiger partial charge < -0.3 is 9.64 Å². The maximum atomic E-state index is 12.5. The molecule has 20 heavy (non-hydrogen) atoms. The van der Waals surface area contributed by atoms with Gasteiger partial charge in [0, 0.05) is 24.1 Å². The monoisotopic (exact) mass is 283 g/mol. The molecule has 0 aromatic rings. The SMILES string of the molecule is CCCCOC1CC(C)(C)N(C(=O)CCC)C(C)(C)C1. The zero-order chi connectivity index (χ0) is 15.4. The largest absolute Gasteiger partial charge is 0.378 e. The number of unbranched alkanes of at least 4 members (excludes halogenated alkanes) is 1. The Kier molecular flexibility index (Phi) is 6.06. The topological polar surface area (TPSA) is 29.5 Å². The maximum absolute atomic E-state index is 12.5. The van der Waals surface area contributed by atoms with Crippen LogP contribution >= 0.6 is 0 Å². The van der Waals surface area contributed by atoms with Gasteiger partial charge in [0.1, 0.15) is 0 Å². The van der Waals surface area contributed by atoms with Gasteiger partial charge in [-0.15, -0.1) is 0 Å². The van der Waals surface area contributed by atoms with Crippen molar-refractivity contribution in [3.63, 3.8) is 0 Å². The van der Waals surface area contributed by atoms with Crippen molar-refractivity contribution in [3.8, 4) is 0 Å². The first-order chi connectivity index (χ1) is 9.24. The van der Waals surface area contributed by atoms with Crippen LogP contribution in [0.4, 0.5) is 0 Å². The Labute approximate surface area is 125 Å². The first-order valence-corrected chi connectivity index (χ1v) is 8.19. The van der Waals surface area contributed by atoms with Crippen molar-refractivity contribution in [3.05, 3.63) is 0 Å². The van der Waals surface area contributed by atoms with Gasteiger partial charge in [-0.1, -0.05) is 20.3 Å². The lowest BCUT2D eigenvalue weighted by Crippen LogP contribution is -2.64. The van der Waals surface area contributed by atoms with Crippen molar-refractivity contribution >= 4 is 5.91 Å². The fourth-order valence-electron chi connectivity index (χ4n) is 3.70. The van der Waals surface area contributed by atoms with Gasteiger partial charge in [-0.05, 0) is 53.4 Å². The highest BCUT2D eigenvalue weighted by molar-refractivity contribution is 5.78. The third kappa shape index (κ3) is 4.21. The average molecular weight is 283 g/mol. The van der Waals surface area contributed by atoms with Crippen molar-refractivity contribution in [1.29, 1.82) is 0 Å². The second-order valence-electron chi connectivity index (χ2n) is 7.36. The molecule has 3 nitrogen and oxygen atoms in total. The molecular formula is C17H33NO2. The third-order valence-electron chi connectivity index (χ3n) is 4.23. The summed E-state index contributed by atoms with van der Waals surface area (Å²) in [4.78, 5) is 14.6. The van der Waals surface area contributed by atoms with E-state index in [-0.39, 0.29) is 23.1 Å². The third-order valence-corrected chi connectivity index (χ3v) is 4.23. The standard InChI is InChI=1S/C17H33NO2/c1-7-9-11-20-14-12-16(3,4)18(15(19)10-8-2)17(5,6)13-14/h14H,7-13H2,1-6H3. The van der Waals surface area contributed by atoms with Gasteiger partial charge in [-0.3, -0.25) is 4.79 Å². The van der Waals surface area contributed by atoms with Gasteiger partial charge in [-0.2, -0.15) is 0 Å². The molecule has 1 amide bonds. The van der Waals surface area contributed by atoms with E-state index in [0.717, 1.165) is 32.3 Å². The number of hydrogen-bond donors (Lipinski definition) is 0. The van der Waals surface area contributed by atoms with E-state index in [1.165, 1.54) is 6.42 Å². The zero-order valence-electron chi connectivity index (χ0n) is 14.3. The van der Waals surface area contributed by atoms with E-state index in [2.05, 4.69) is 46.4 Å². The zero-order valence-corrected chi connectivity index (χ0v) is 14.3. The molecule has 0 spiro atoms. The van der Waals surface area contributed by atoms with Crippen LogP contribution in [0.1, 0.15) is 80.1 Å². The Morgan fingerprint density at radius 2 is 1.65 bits per heavy atom. The van der Waals surface area contributed by atoms with Crippen molar-refractivity contribution in [2.75, 3.05) is 6.61 Å². The molecule has 0 aliphatic carbocycles. The van der Waals surface area contributed by atoms with Crippen LogP contribution < -0.4 is 0 Å². The van der Waals surface area contributed by atoms with Crippen molar-refractivity contribution in [1.82, 2.24) is 4.90 Å². The van der Waals surface area contributed by atoms with Gasteiger partial charge in [0.2, 0.25) is 5.91 Å². The lowest BCUT2D eigenvalue weighted by atomic mass is 9.77. The fraction of sp³-hybridized carbons (Fsp3) is 0.941. The molecule has 0 N–H and O–H groups in total. The highest BCUT2D eigenvalue weighted by Crippen LogP contribution is 2.40. The molecular weight excluding hydrogens is 250 g/mol. The summed E-state index contributed by atoms with van der Waals surface area (Å²) in [5, 5.41) is 0. The van der Waals surface area contributed by atoms with E-state index in [4.69, 9.17) is 4.74 Å². The van der Waals surface area contributed by atoms with E-state index in [9.17, 15) is 4.79 Å². The first kappa shape index (κ1) is 17.5. The molecule has 118 valence electrons. The second-order valence-corrected chi connectivity index (χ2v) is 7.36. The molecule has 1 aliphatic heterocycles. The van der Waals surface area contributed by atoms with Crippen LogP contribution in [0.2, 0.25) is 0 Å². The molecule has 0 atom stereocenters. The molecule has 1 saturated heterocycles. The Morgan fingerprint density at radius 1 is 1.10 bits per heavy atom. The maximum Gasteiger partial charge on any atom is 0.223 e. The summed E-state index contributed by atoms with van der Waals surface area (Å²) in [6, 6.07) is 0. The number of amides is 1. The molecule has 0 aromatic carbocycles. The molecule has 3 heteroatoms. The lowest BCUT2D eigenvalue weighted by Gasteiger charge is -2.55. The number of nitrogens with zero attached hydrogens (tertiary/aromatic N) is 1. The van der Waals surface area contributed by atoms with Crippen molar-refractivity contribution < 1.29 is 9.53 Å². The van der Waals surface area contributed by atoms with Gasteiger partial charge in [0.15, 0.2) is 0 Å². The minimum Gasteiger partial charge on any atom is -0.378 e. The number of carbonyl (C=O) groups is 1. The van der Waals surface area contributed by atoms with Gasteiger partial charge in [0.05, 0.1) is 6.10 Å². The van der Waals surface area contributed by atoms with E-state index < -0.39 is 0 Å². The number of piperidine rings is 1. The smallest absolute Gasteiger partial charge is 0.223 e. The normalized spacial score (nSPS) is 22.0. The average Bonchev–Trinajstić information content (AvgIpc) is 2.26. The van der Waals surface area contributed by atoms with Crippen LogP contribution in [0.25, 0.3) is 0 Å². The Bertz CT molecular complexity index is 305. The lowest BCUT2D eigenvalue weighted by molar-refractivity contribution is -0.158. The molecule has 1 fully saturated rings. The Balaban J connectivity index is 2.78. The van der Waals surface area contributed by atoms with Gasteiger partial charge >= 0.3 is 0 Å². The van der Waals surface area contributed by atoms with Crippen LogP contribution in [0.5, 0.6) is 0 Å². The fourth-order valence-corrected chi connectivity index (χ4v) is 3.70. The number of carbonyl (C=O) groups excluding carboxylic acids is 1. The number of rotatable bonds is 6.